The summed E-state index contributed by atoms with van der Waals surface area (Å²) in [6.45, 7) is -0.609. The van der Waals surface area contributed by atoms with Gasteiger partial charge in [-0.15, -0.1) is 0 Å². The smallest absolute Gasteiger partial charge is 0.416 e. The molecule has 7 heteroatoms. The van der Waals surface area contributed by atoms with Crippen LogP contribution in [0.15, 0.2) is 24.3 Å². The number of hydrogen-bond acceptors (Lipinski definition) is 3. The fraction of sp³-hybridized carbons (Fsp3) is 0.273. The zero-order valence-electron chi connectivity index (χ0n) is 9.03. The number of carboxylic acid groups (broad SMARTS) is 1. The Morgan fingerprint density at radius 2 is 1.83 bits per heavy atom. The minimum absolute atomic E-state index is 0.219. The SMILES string of the molecule is O=C(O)CC(=O)OCc1ccccc1C(F)(F)F. The van der Waals surface area contributed by atoms with Gasteiger partial charge in [-0.2, -0.15) is 13.2 Å². The highest BCUT2D eigenvalue weighted by atomic mass is 19.4. The van der Waals surface area contributed by atoms with Gasteiger partial charge in [-0.25, -0.2) is 0 Å². The number of alkyl halides is 3. The van der Waals surface area contributed by atoms with Crippen LogP contribution >= 0.6 is 0 Å². The lowest BCUT2D eigenvalue weighted by atomic mass is 10.1. The maximum atomic E-state index is 12.5. The van der Waals surface area contributed by atoms with E-state index in [4.69, 9.17) is 5.11 Å². The fourth-order valence-corrected chi connectivity index (χ4v) is 1.26. The Morgan fingerprint density at radius 1 is 1.22 bits per heavy atom. The molecule has 1 N–H and O–H groups in total. The Kier molecular flexibility index (Phi) is 4.30. The van der Waals surface area contributed by atoms with Gasteiger partial charge in [-0.3, -0.25) is 9.59 Å². The van der Waals surface area contributed by atoms with Crippen molar-refractivity contribution in [1.82, 2.24) is 0 Å². The molecule has 0 bridgehead atoms. The fourth-order valence-electron chi connectivity index (χ4n) is 1.26. The van der Waals surface area contributed by atoms with Crippen LogP contribution in [0.4, 0.5) is 13.2 Å². The first-order valence-electron chi connectivity index (χ1n) is 4.83. The van der Waals surface area contributed by atoms with E-state index in [0.717, 1.165) is 12.1 Å². The highest BCUT2D eigenvalue weighted by Crippen LogP contribution is 2.32. The minimum atomic E-state index is -4.55. The van der Waals surface area contributed by atoms with Gasteiger partial charge in [0.25, 0.3) is 0 Å². The normalized spacial score (nSPS) is 11.1. The summed E-state index contributed by atoms with van der Waals surface area (Å²) in [6.07, 6.45) is -5.43. The van der Waals surface area contributed by atoms with E-state index in [2.05, 4.69) is 4.74 Å². The number of carboxylic acids is 1. The van der Waals surface area contributed by atoms with Crippen molar-refractivity contribution in [3.05, 3.63) is 35.4 Å². The van der Waals surface area contributed by atoms with Gasteiger partial charge in [0.15, 0.2) is 0 Å². The quantitative estimate of drug-likeness (QED) is 0.667. The van der Waals surface area contributed by atoms with Crippen LogP contribution in [0.1, 0.15) is 17.5 Å². The van der Waals surface area contributed by atoms with Gasteiger partial charge in [-0.1, -0.05) is 18.2 Å². The van der Waals surface area contributed by atoms with Crippen LogP contribution in [0.2, 0.25) is 0 Å². The van der Waals surface area contributed by atoms with E-state index < -0.39 is 36.7 Å². The number of rotatable bonds is 4. The molecule has 4 nitrogen and oxygen atoms in total. The minimum Gasteiger partial charge on any atom is -0.481 e. The van der Waals surface area contributed by atoms with Gasteiger partial charge >= 0.3 is 18.1 Å². The van der Waals surface area contributed by atoms with Crippen molar-refractivity contribution in [2.24, 2.45) is 0 Å². The predicted molar refractivity (Wildman–Crippen MR) is 53.5 cm³/mol. The van der Waals surface area contributed by atoms with Crippen LogP contribution in [0.5, 0.6) is 0 Å². The number of ether oxygens (including phenoxy) is 1. The van der Waals surface area contributed by atoms with E-state index in [-0.39, 0.29) is 5.56 Å². The molecule has 0 aromatic heterocycles. The van der Waals surface area contributed by atoms with E-state index in [9.17, 15) is 22.8 Å². The summed E-state index contributed by atoms with van der Waals surface area (Å²) in [5, 5.41) is 8.28. The van der Waals surface area contributed by atoms with Gasteiger partial charge in [0.2, 0.25) is 0 Å². The molecule has 0 saturated heterocycles. The molecule has 0 aliphatic heterocycles. The largest absolute Gasteiger partial charge is 0.481 e. The Labute approximate surface area is 100.0 Å². The highest BCUT2D eigenvalue weighted by Gasteiger charge is 2.33. The predicted octanol–water partition coefficient (Wildman–Crippen LogP) is 2.22. The number of carbonyl (C=O) groups is 2. The lowest BCUT2D eigenvalue weighted by Crippen LogP contribution is -2.13. The van der Waals surface area contributed by atoms with E-state index >= 15 is 0 Å². The average Bonchev–Trinajstić information content (AvgIpc) is 2.24. The van der Waals surface area contributed by atoms with Crippen molar-refractivity contribution in [3.63, 3.8) is 0 Å². The second-order valence-electron chi connectivity index (χ2n) is 3.39. The number of halogens is 3. The van der Waals surface area contributed by atoms with Crippen molar-refractivity contribution in [2.75, 3.05) is 0 Å². The zero-order chi connectivity index (χ0) is 13.8. The molecule has 0 radical (unpaired) electrons. The van der Waals surface area contributed by atoms with Crippen LogP contribution < -0.4 is 0 Å². The third-order valence-corrected chi connectivity index (χ3v) is 2.01. The molecule has 0 aliphatic rings. The monoisotopic (exact) mass is 262 g/mol. The molecule has 0 saturated carbocycles. The summed E-state index contributed by atoms with van der Waals surface area (Å²) in [4.78, 5) is 21.1. The van der Waals surface area contributed by atoms with Gasteiger partial charge < -0.3 is 9.84 Å². The molecule has 1 aromatic carbocycles. The van der Waals surface area contributed by atoms with Gasteiger partial charge in [0.05, 0.1) is 5.56 Å². The Bertz CT molecular complexity index is 454. The van der Waals surface area contributed by atoms with Crippen LogP contribution in [0.25, 0.3) is 0 Å². The van der Waals surface area contributed by atoms with Crippen LogP contribution in [0.3, 0.4) is 0 Å². The molecule has 1 aromatic rings. The molecule has 1 rings (SSSR count). The van der Waals surface area contributed by atoms with Crippen LogP contribution in [-0.4, -0.2) is 17.0 Å². The molecule has 0 fully saturated rings. The Balaban J connectivity index is 2.74. The molecule has 0 aliphatic carbocycles. The number of aliphatic carboxylic acids is 1. The summed E-state index contributed by atoms with van der Waals surface area (Å²) in [7, 11) is 0. The van der Waals surface area contributed by atoms with E-state index in [1.54, 1.807) is 0 Å². The Hall–Kier alpha value is -2.05. The van der Waals surface area contributed by atoms with Gasteiger partial charge in [0.1, 0.15) is 13.0 Å². The molecule has 0 unspecified atom stereocenters. The van der Waals surface area contributed by atoms with Crippen LogP contribution in [-0.2, 0) is 27.1 Å². The van der Waals surface area contributed by atoms with Gasteiger partial charge in [0, 0.05) is 5.56 Å². The number of esters is 1. The topological polar surface area (TPSA) is 63.6 Å². The lowest BCUT2D eigenvalue weighted by molar-refractivity contribution is -0.153. The number of carbonyl (C=O) groups excluding carboxylic acids is 1. The maximum Gasteiger partial charge on any atom is 0.416 e. The summed E-state index contributed by atoms with van der Waals surface area (Å²) in [5.74, 6) is -2.48. The molecule has 0 atom stereocenters. The van der Waals surface area contributed by atoms with Gasteiger partial charge in [-0.05, 0) is 6.07 Å². The number of hydrogen-bond donors (Lipinski definition) is 1. The second kappa shape index (κ2) is 5.52. The molecular weight excluding hydrogens is 253 g/mol. The summed E-state index contributed by atoms with van der Waals surface area (Å²) in [5.41, 5.74) is -1.13. The summed E-state index contributed by atoms with van der Waals surface area (Å²) in [6, 6.07) is 4.61. The molecule has 18 heavy (non-hydrogen) atoms. The molecule has 0 amide bonds. The van der Waals surface area contributed by atoms with E-state index in [1.807, 2.05) is 0 Å². The molecule has 98 valence electrons. The first-order chi connectivity index (χ1) is 8.30. The first-order valence-corrected chi connectivity index (χ1v) is 4.83. The first kappa shape index (κ1) is 14.0. The van der Waals surface area contributed by atoms with E-state index in [1.165, 1.54) is 12.1 Å². The van der Waals surface area contributed by atoms with E-state index in [0.29, 0.717) is 0 Å². The number of benzene rings is 1. The highest BCUT2D eigenvalue weighted by molar-refractivity contribution is 5.90. The molecule has 0 heterocycles. The third kappa shape index (κ3) is 4.08. The third-order valence-electron chi connectivity index (χ3n) is 2.01. The van der Waals surface area contributed by atoms with Crippen molar-refractivity contribution in [2.45, 2.75) is 19.2 Å². The molecule has 0 spiro atoms. The molecular formula is C11H9F3O4. The van der Waals surface area contributed by atoms with Crippen molar-refractivity contribution in [1.29, 1.82) is 0 Å². The lowest BCUT2D eigenvalue weighted by Gasteiger charge is -2.12. The standard InChI is InChI=1S/C11H9F3O4/c12-11(13,14)8-4-2-1-3-7(8)6-18-10(17)5-9(15)16/h1-4H,5-6H2,(H,15,16). The second-order valence-corrected chi connectivity index (χ2v) is 3.39. The van der Waals surface area contributed by atoms with Crippen LogP contribution in [0, 0.1) is 0 Å². The van der Waals surface area contributed by atoms with Crippen molar-refractivity contribution >= 4 is 11.9 Å². The van der Waals surface area contributed by atoms with Crippen molar-refractivity contribution < 1.29 is 32.6 Å². The average molecular weight is 262 g/mol. The van der Waals surface area contributed by atoms with Crippen molar-refractivity contribution in [3.8, 4) is 0 Å². The maximum absolute atomic E-state index is 12.5. The zero-order valence-corrected chi connectivity index (χ0v) is 9.03. The summed E-state index contributed by atoms with van der Waals surface area (Å²) < 4.78 is 42.1. The Morgan fingerprint density at radius 3 is 2.39 bits per heavy atom. The summed E-state index contributed by atoms with van der Waals surface area (Å²) >= 11 is 0.